The highest BCUT2D eigenvalue weighted by molar-refractivity contribution is 6.36. The van der Waals surface area contributed by atoms with Crippen LogP contribution in [0.4, 0.5) is 11.6 Å². The molecule has 1 aromatic carbocycles. The molecule has 3 heterocycles. The van der Waals surface area contributed by atoms with E-state index in [2.05, 4.69) is 44.4 Å². The fourth-order valence-corrected chi connectivity index (χ4v) is 4.90. The minimum atomic E-state index is 0.519. The van der Waals surface area contributed by atoms with Crippen LogP contribution in [0.2, 0.25) is 5.02 Å². The van der Waals surface area contributed by atoms with Crippen molar-refractivity contribution in [2.24, 2.45) is 7.05 Å². The zero-order valence-electron chi connectivity index (χ0n) is 19.4. The van der Waals surface area contributed by atoms with E-state index >= 15 is 0 Å². The van der Waals surface area contributed by atoms with E-state index in [1.54, 1.807) is 6.20 Å². The lowest BCUT2D eigenvalue weighted by molar-refractivity contribution is 0.372. The zero-order valence-corrected chi connectivity index (χ0v) is 20.2. The molecule has 0 radical (unpaired) electrons. The Bertz CT molecular complexity index is 1280. The number of halogens is 1. The molecule has 0 amide bonds. The van der Waals surface area contributed by atoms with Crippen molar-refractivity contribution in [1.82, 2.24) is 29.6 Å². The molecule has 1 aliphatic carbocycles. The highest BCUT2D eigenvalue weighted by Crippen LogP contribution is 2.32. The van der Waals surface area contributed by atoms with E-state index in [1.807, 2.05) is 36.9 Å². The molecule has 0 unspecified atom stereocenters. The first kappa shape index (κ1) is 21.9. The molecule has 0 spiro atoms. The van der Waals surface area contributed by atoms with E-state index in [-0.39, 0.29) is 0 Å². The second-order valence-corrected chi connectivity index (χ2v) is 9.33. The van der Waals surface area contributed by atoms with E-state index in [1.165, 1.54) is 37.7 Å². The number of benzene rings is 1. The van der Waals surface area contributed by atoms with Crippen LogP contribution in [0.15, 0.2) is 36.7 Å². The molecule has 0 aliphatic heterocycles. The van der Waals surface area contributed by atoms with E-state index in [9.17, 15) is 0 Å². The van der Waals surface area contributed by atoms with Crippen LogP contribution in [0, 0.1) is 13.8 Å². The van der Waals surface area contributed by atoms with Gasteiger partial charge in [0.05, 0.1) is 10.7 Å². The minimum absolute atomic E-state index is 0.519. The number of aryl methyl sites for hydroxylation is 2. The Balaban J connectivity index is 1.33. The SMILES string of the molecule is Cc1nn(-c2ccnc(Nc3ccc4c(c3)c(Cl)c(C)n4C)n2)cc1CNC1CCCCC1. The number of rotatable bonds is 6. The van der Waals surface area contributed by atoms with Crippen molar-refractivity contribution in [3.63, 3.8) is 0 Å². The first-order valence-corrected chi connectivity index (χ1v) is 12.0. The van der Waals surface area contributed by atoms with Gasteiger partial charge in [-0.05, 0) is 44.9 Å². The third-order valence-electron chi connectivity index (χ3n) is 6.73. The Morgan fingerprint density at radius 3 is 2.76 bits per heavy atom. The summed E-state index contributed by atoms with van der Waals surface area (Å²) in [4.78, 5) is 9.09. The molecule has 5 rings (SSSR count). The molecule has 172 valence electrons. The van der Waals surface area contributed by atoms with Crippen LogP contribution in [0.5, 0.6) is 0 Å². The second kappa shape index (κ2) is 9.15. The molecule has 2 N–H and O–H groups in total. The van der Waals surface area contributed by atoms with Gasteiger partial charge in [-0.25, -0.2) is 9.67 Å². The fraction of sp³-hybridized carbons (Fsp3) is 0.400. The van der Waals surface area contributed by atoms with Crippen LogP contribution in [0.1, 0.15) is 49.1 Å². The molecule has 0 saturated heterocycles. The van der Waals surface area contributed by atoms with E-state index in [0.29, 0.717) is 12.0 Å². The van der Waals surface area contributed by atoms with Gasteiger partial charge in [0, 0.05) is 65.9 Å². The maximum absolute atomic E-state index is 6.52. The first-order valence-electron chi connectivity index (χ1n) is 11.6. The summed E-state index contributed by atoms with van der Waals surface area (Å²) in [6.45, 7) is 4.91. The quantitative estimate of drug-likeness (QED) is 0.390. The Kier molecular flexibility index (Phi) is 6.08. The van der Waals surface area contributed by atoms with Crippen molar-refractivity contribution < 1.29 is 0 Å². The topological polar surface area (TPSA) is 72.6 Å². The van der Waals surface area contributed by atoms with Gasteiger partial charge in [-0.1, -0.05) is 30.9 Å². The predicted octanol–water partition coefficient (Wildman–Crippen LogP) is 5.59. The smallest absolute Gasteiger partial charge is 0.229 e. The van der Waals surface area contributed by atoms with E-state index < -0.39 is 0 Å². The summed E-state index contributed by atoms with van der Waals surface area (Å²) in [5.74, 6) is 1.25. The molecule has 1 aliphatic rings. The Morgan fingerprint density at radius 1 is 1.12 bits per heavy atom. The number of fused-ring (bicyclic) bond motifs is 1. The van der Waals surface area contributed by atoms with Crippen LogP contribution < -0.4 is 10.6 Å². The van der Waals surface area contributed by atoms with Crippen molar-refractivity contribution >= 4 is 34.1 Å². The maximum atomic E-state index is 6.52. The second-order valence-electron chi connectivity index (χ2n) is 8.95. The molecule has 4 aromatic rings. The number of hydrogen-bond donors (Lipinski definition) is 2. The molecular formula is C25H30ClN7. The van der Waals surface area contributed by atoms with Crippen LogP contribution in [0.3, 0.4) is 0 Å². The molecule has 3 aromatic heterocycles. The Labute approximate surface area is 199 Å². The Morgan fingerprint density at radius 2 is 1.94 bits per heavy atom. The Hall–Kier alpha value is -2.90. The molecule has 0 atom stereocenters. The van der Waals surface area contributed by atoms with Crippen molar-refractivity contribution in [1.29, 1.82) is 0 Å². The van der Waals surface area contributed by atoms with Gasteiger partial charge in [-0.15, -0.1) is 0 Å². The van der Waals surface area contributed by atoms with E-state index in [4.69, 9.17) is 16.7 Å². The largest absolute Gasteiger partial charge is 0.346 e. The van der Waals surface area contributed by atoms with Gasteiger partial charge in [-0.3, -0.25) is 0 Å². The highest BCUT2D eigenvalue weighted by Gasteiger charge is 2.15. The number of aromatic nitrogens is 5. The van der Waals surface area contributed by atoms with Crippen LogP contribution in [0.25, 0.3) is 16.7 Å². The predicted molar refractivity (Wildman–Crippen MR) is 134 cm³/mol. The summed E-state index contributed by atoms with van der Waals surface area (Å²) >= 11 is 6.52. The van der Waals surface area contributed by atoms with Gasteiger partial charge in [0.1, 0.15) is 0 Å². The summed E-state index contributed by atoms with van der Waals surface area (Å²) in [5, 5.41) is 13.5. The standard InChI is InChI=1S/C25H30ClN7/c1-16-18(14-28-19-7-5-4-6-8-19)15-33(31-16)23-11-12-27-25(30-23)29-20-9-10-22-21(13-20)24(26)17(2)32(22)3/h9-13,15,19,28H,4-8,14H2,1-3H3,(H,27,29,30). The summed E-state index contributed by atoms with van der Waals surface area (Å²) in [6.07, 6.45) is 10.4. The van der Waals surface area contributed by atoms with Crippen molar-refractivity contribution in [3.8, 4) is 5.82 Å². The third kappa shape index (κ3) is 4.48. The molecule has 7 nitrogen and oxygen atoms in total. The van der Waals surface area contributed by atoms with Crippen molar-refractivity contribution in [2.75, 3.05) is 5.32 Å². The summed E-state index contributed by atoms with van der Waals surface area (Å²) in [6, 6.07) is 8.60. The maximum Gasteiger partial charge on any atom is 0.229 e. The molecule has 1 saturated carbocycles. The molecule has 1 fully saturated rings. The monoisotopic (exact) mass is 463 g/mol. The molecule has 33 heavy (non-hydrogen) atoms. The summed E-state index contributed by atoms with van der Waals surface area (Å²) < 4.78 is 3.93. The first-order chi connectivity index (χ1) is 16.0. The lowest BCUT2D eigenvalue weighted by Crippen LogP contribution is -2.30. The van der Waals surface area contributed by atoms with Crippen LogP contribution in [-0.4, -0.2) is 30.4 Å². The van der Waals surface area contributed by atoms with Crippen molar-refractivity contribution in [3.05, 3.63) is 58.6 Å². The number of anilines is 2. The van der Waals surface area contributed by atoms with E-state index in [0.717, 1.165) is 45.4 Å². The van der Waals surface area contributed by atoms with Crippen LogP contribution in [-0.2, 0) is 13.6 Å². The van der Waals surface area contributed by atoms with Gasteiger partial charge >= 0.3 is 0 Å². The fourth-order valence-electron chi connectivity index (χ4n) is 4.62. The number of nitrogens with zero attached hydrogens (tertiary/aromatic N) is 5. The summed E-state index contributed by atoms with van der Waals surface area (Å²) in [7, 11) is 2.02. The zero-order chi connectivity index (χ0) is 22.9. The van der Waals surface area contributed by atoms with Gasteiger partial charge in [-0.2, -0.15) is 10.1 Å². The lowest BCUT2D eigenvalue weighted by Gasteiger charge is -2.22. The van der Waals surface area contributed by atoms with Gasteiger partial charge in [0.15, 0.2) is 5.82 Å². The normalized spacial score (nSPS) is 14.8. The van der Waals surface area contributed by atoms with Gasteiger partial charge in [0.2, 0.25) is 5.95 Å². The van der Waals surface area contributed by atoms with Gasteiger partial charge in [0.25, 0.3) is 0 Å². The average Bonchev–Trinajstić information content (AvgIpc) is 3.31. The molecule has 0 bridgehead atoms. The summed E-state index contributed by atoms with van der Waals surface area (Å²) in [5.41, 5.74) is 5.25. The van der Waals surface area contributed by atoms with Gasteiger partial charge < -0.3 is 15.2 Å². The highest BCUT2D eigenvalue weighted by atomic mass is 35.5. The van der Waals surface area contributed by atoms with Crippen LogP contribution >= 0.6 is 11.6 Å². The number of nitrogens with one attached hydrogen (secondary N) is 2. The third-order valence-corrected chi connectivity index (χ3v) is 7.21. The number of hydrogen-bond acceptors (Lipinski definition) is 5. The minimum Gasteiger partial charge on any atom is -0.346 e. The van der Waals surface area contributed by atoms with Crippen molar-refractivity contribution in [2.45, 2.75) is 58.5 Å². The molecular weight excluding hydrogens is 434 g/mol. The average molecular weight is 464 g/mol. The lowest BCUT2D eigenvalue weighted by atomic mass is 9.95. The molecule has 8 heteroatoms.